The Labute approximate surface area is 195 Å². The minimum absolute atomic E-state index is 0.0901. The molecule has 0 radical (unpaired) electrons. The molecule has 1 heterocycles. The number of aryl methyl sites for hydroxylation is 3. The predicted octanol–water partition coefficient (Wildman–Crippen LogP) is 6.00. The molecular weight excluding hydrogens is 418 g/mol. The van der Waals surface area contributed by atoms with Gasteiger partial charge < -0.3 is 19.3 Å². The number of hydrogen-bond acceptors (Lipinski definition) is 5. The van der Waals surface area contributed by atoms with E-state index in [0.29, 0.717) is 36.8 Å². The highest BCUT2D eigenvalue weighted by atomic mass is 16.5. The molecule has 0 spiro atoms. The number of benzene rings is 2. The van der Waals surface area contributed by atoms with E-state index in [1.165, 1.54) is 5.56 Å². The molecule has 3 aromatic rings. The van der Waals surface area contributed by atoms with Gasteiger partial charge in [-0.05, 0) is 67.6 Å². The van der Waals surface area contributed by atoms with E-state index in [1.807, 2.05) is 62.4 Å². The first-order valence-corrected chi connectivity index (χ1v) is 11.3. The molecule has 33 heavy (non-hydrogen) atoms. The van der Waals surface area contributed by atoms with Crippen molar-refractivity contribution in [1.29, 1.82) is 0 Å². The maximum atomic E-state index is 10.8. The van der Waals surface area contributed by atoms with Crippen LogP contribution in [0.15, 0.2) is 60.8 Å². The lowest BCUT2D eigenvalue weighted by Gasteiger charge is -2.18. The van der Waals surface area contributed by atoms with E-state index in [0.717, 1.165) is 23.3 Å². The van der Waals surface area contributed by atoms with E-state index in [1.54, 1.807) is 6.20 Å². The van der Waals surface area contributed by atoms with Gasteiger partial charge in [0.25, 0.3) is 0 Å². The fourth-order valence-electron chi connectivity index (χ4n) is 3.31. The Kier molecular flexibility index (Phi) is 8.70. The van der Waals surface area contributed by atoms with Gasteiger partial charge in [-0.1, -0.05) is 31.2 Å². The molecule has 0 aliphatic carbocycles. The van der Waals surface area contributed by atoms with Crippen LogP contribution in [0.3, 0.4) is 0 Å². The molecule has 0 amide bonds. The number of carboxylic acids is 1. The van der Waals surface area contributed by atoms with E-state index >= 15 is 0 Å². The van der Waals surface area contributed by atoms with Gasteiger partial charge in [0.15, 0.2) is 11.5 Å². The number of aromatic nitrogens is 1. The second kappa shape index (κ2) is 11.9. The van der Waals surface area contributed by atoms with E-state index in [9.17, 15) is 4.79 Å². The molecule has 0 aliphatic rings. The van der Waals surface area contributed by atoms with E-state index in [4.69, 9.17) is 19.3 Å². The van der Waals surface area contributed by atoms with Crippen molar-refractivity contribution in [2.24, 2.45) is 0 Å². The smallest absolute Gasteiger partial charge is 0.303 e. The van der Waals surface area contributed by atoms with Crippen molar-refractivity contribution >= 4 is 5.97 Å². The summed E-state index contributed by atoms with van der Waals surface area (Å²) < 4.78 is 18.1. The molecule has 2 aromatic carbocycles. The van der Waals surface area contributed by atoms with Crippen LogP contribution in [0.1, 0.15) is 43.4 Å². The van der Waals surface area contributed by atoms with E-state index in [2.05, 4.69) is 18.0 Å². The predicted molar refractivity (Wildman–Crippen MR) is 127 cm³/mol. The van der Waals surface area contributed by atoms with Crippen molar-refractivity contribution in [1.82, 2.24) is 4.98 Å². The summed E-state index contributed by atoms with van der Waals surface area (Å²) in [6.45, 7) is 6.49. The molecule has 0 saturated heterocycles. The normalized spacial score (nSPS) is 11.6. The van der Waals surface area contributed by atoms with Crippen molar-refractivity contribution in [3.8, 4) is 23.1 Å². The van der Waals surface area contributed by atoms with Gasteiger partial charge in [0.1, 0.15) is 5.75 Å². The van der Waals surface area contributed by atoms with Crippen molar-refractivity contribution in [3.05, 3.63) is 77.5 Å². The third-order valence-electron chi connectivity index (χ3n) is 5.29. The maximum absolute atomic E-state index is 10.8. The average Bonchev–Trinajstić information content (AvgIpc) is 2.80. The molecule has 6 nitrogen and oxygen atoms in total. The summed E-state index contributed by atoms with van der Waals surface area (Å²) in [6.07, 6.45) is 3.73. The first-order valence-electron chi connectivity index (χ1n) is 11.3. The average molecular weight is 450 g/mol. The Balaban J connectivity index is 1.56. The molecule has 1 N–H and O–H groups in total. The highest BCUT2D eigenvalue weighted by molar-refractivity contribution is 5.67. The van der Waals surface area contributed by atoms with Gasteiger partial charge in [0.05, 0.1) is 12.7 Å². The molecule has 174 valence electrons. The van der Waals surface area contributed by atoms with Crippen molar-refractivity contribution < 1.29 is 24.1 Å². The number of carbonyl (C=O) groups is 1. The second-order valence-electron chi connectivity index (χ2n) is 7.96. The third kappa shape index (κ3) is 7.52. The summed E-state index contributed by atoms with van der Waals surface area (Å²) in [4.78, 5) is 15.1. The van der Waals surface area contributed by atoms with Crippen LogP contribution < -0.4 is 14.2 Å². The lowest BCUT2D eigenvalue weighted by atomic mass is 10.1. The topological polar surface area (TPSA) is 77.9 Å². The Morgan fingerprint density at radius 1 is 1.09 bits per heavy atom. The lowest BCUT2D eigenvalue weighted by Crippen LogP contribution is -2.16. The fourth-order valence-corrected chi connectivity index (χ4v) is 3.31. The van der Waals surface area contributed by atoms with Crippen LogP contribution in [0.2, 0.25) is 0 Å². The second-order valence-corrected chi connectivity index (χ2v) is 7.96. The summed E-state index contributed by atoms with van der Waals surface area (Å²) in [5.74, 6) is 1.87. The van der Waals surface area contributed by atoms with Gasteiger partial charge >= 0.3 is 5.97 Å². The zero-order chi connectivity index (χ0) is 23.6. The zero-order valence-corrected chi connectivity index (χ0v) is 19.4. The zero-order valence-electron chi connectivity index (χ0n) is 19.4. The first-order chi connectivity index (χ1) is 15.9. The van der Waals surface area contributed by atoms with Crippen LogP contribution in [0, 0.1) is 6.92 Å². The monoisotopic (exact) mass is 449 g/mol. The number of nitrogens with zero attached hydrogens (tertiary/aromatic N) is 1. The van der Waals surface area contributed by atoms with Gasteiger partial charge in [0, 0.05) is 25.1 Å². The third-order valence-corrected chi connectivity index (χ3v) is 5.29. The van der Waals surface area contributed by atoms with Crippen LogP contribution in [0.25, 0.3) is 0 Å². The number of pyridine rings is 1. The van der Waals surface area contributed by atoms with Gasteiger partial charge in [0.2, 0.25) is 5.88 Å². The minimum atomic E-state index is -0.814. The largest absolute Gasteiger partial charge is 0.487 e. The van der Waals surface area contributed by atoms with Crippen LogP contribution >= 0.6 is 0 Å². The standard InChI is InChI=1S/C27H31NO5/c1-4-21-10-12-24(25(17-21)33-23-8-6-5-7-9-23)32-20(3)14-15-31-26-16-19(2)22(18-28-26)11-13-27(29)30/h5-10,12,16-18,20H,4,11,13-15H2,1-3H3,(H,29,30). The van der Waals surface area contributed by atoms with Crippen molar-refractivity contribution in [2.75, 3.05) is 6.61 Å². The fraction of sp³-hybridized carbons (Fsp3) is 0.333. The van der Waals surface area contributed by atoms with E-state index in [-0.39, 0.29) is 12.5 Å². The van der Waals surface area contributed by atoms with Crippen LogP contribution in [-0.2, 0) is 17.6 Å². The molecule has 6 heteroatoms. The molecule has 0 aliphatic heterocycles. The Morgan fingerprint density at radius 2 is 1.88 bits per heavy atom. The first kappa shape index (κ1) is 24.1. The number of carboxylic acid groups (broad SMARTS) is 1. The maximum Gasteiger partial charge on any atom is 0.303 e. The summed E-state index contributed by atoms with van der Waals surface area (Å²) >= 11 is 0. The summed E-state index contributed by atoms with van der Waals surface area (Å²) in [5.41, 5.74) is 3.07. The number of aliphatic carboxylic acids is 1. The molecule has 0 saturated carbocycles. The van der Waals surface area contributed by atoms with E-state index < -0.39 is 5.97 Å². The molecule has 1 unspecified atom stereocenters. The molecule has 1 atom stereocenters. The van der Waals surface area contributed by atoms with Crippen LogP contribution in [0.4, 0.5) is 0 Å². The summed E-state index contributed by atoms with van der Waals surface area (Å²) in [5, 5.41) is 8.85. The molecular formula is C27H31NO5. The summed E-state index contributed by atoms with van der Waals surface area (Å²) in [6, 6.07) is 17.5. The molecule has 1 aromatic heterocycles. The Bertz CT molecular complexity index is 1050. The van der Waals surface area contributed by atoms with Gasteiger partial charge in [-0.3, -0.25) is 4.79 Å². The summed E-state index contributed by atoms with van der Waals surface area (Å²) in [7, 11) is 0. The number of rotatable bonds is 12. The Morgan fingerprint density at radius 3 is 2.58 bits per heavy atom. The molecule has 0 fully saturated rings. The highest BCUT2D eigenvalue weighted by Crippen LogP contribution is 2.33. The number of para-hydroxylation sites is 1. The number of hydrogen-bond donors (Lipinski definition) is 1. The SMILES string of the molecule is CCc1ccc(OC(C)CCOc2cc(C)c(CCC(=O)O)cn2)c(Oc2ccccc2)c1. The minimum Gasteiger partial charge on any atom is -0.487 e. The molecule has 0 bridgehead atoms. The molecule has 3 rings (SSSR count). The number of ether oxygens (including phenoxy) is 3. The lowest BCUT2D eigenvalue weighted by molar-refractivity contribution is -0.136. The van der Waals surface area contributed by atoms with Crippen molar-refractivity contribution in [2.45, 2.75) is 52.6 Å². The highest BCUT2D eigenvalue weighted by Gasteiger charge is 2.12. The quantitative estimate of drug-likeness (QED) is 0.365. The van der Waals surface area contributed by atoms with Crippen LogP contribution in [-0.4, -0.2) is 28.8 Å². The van der Waals surface area contributed by atoms with Crippen LogP contribution in [0.5, 0.6) is 23.1 Å². The Hall–Kier alpha value is -3.54. The van der Waals surface area contributed by atoms with Crippen molar-refractivity contribution in [3.63, 3.8) is 0 Å². The van der Waals surface area contributed by atoms with Gasteiger partial charge in [-0.2, -0.15) is 0 Å². The van der Waals surface area contributed by atoms with Gasteiger partial charge in [-0.15, -0.1) is 0 Å². The van der Waals surface area contributed by atoms with Gasteiger partial charge in [-0.25, -0.2) is 4.98 Å².